The van der Waals surface area contributed by atoms with Crippen LogP contribution in [-0.2, 0) is 7.05 Å². The van der Waals surface area contributed by atoms with Gasteiger partial charge >= 0.3 is 0 Å². The average molecular weight is 201 g/mol. The number of halogens is 1. The summed E-state index contributed by atoms with van der Waals surface area (Å²) in [7, 11) is 1.92. The molecule has 0 unspecified atom stereocenters. The van der Waals surface area contributed by atoms with Crippen molar-refractivity contribution in [1.29, 1.82) is 0 Å². The molecule has 10 heavy (non-hydrogen) atoms. The fourth-order valence-corrected chi connectivity index (χ4v) is 1.10. The number of hydrogen-bond acceptors (Lipinski definition) is 1. The maximum absolute atomic E-state index is 4.20. The molecule has 0 amide bonds. The lowest BCUT2D eigenvalue weighted by Gasteiger charge is -1.83. The Balaban J connectivity index is 3.03. The minimum absolute atomic E-state index is 1.01. The molecule has 0 aliphatic carbocycles. The van der Waals surface area contributed by atoms with Crippen LogP contribution in [0.1, 0.15) is 11.3 Å². The molecular weight excluding hydrogens is 192 g/mol. The zero-order valence-corrected chi connectivity index (χ0v) is 7.59. The Kier molecular flexibility index (Phi) is 2.27. The van der Waals surface area contributed by atoms with Crippen molar-refractivity contribution >= 4 is 22.0 Å². The minimum atomic E-state index is 1.01. The van der Waals surface area contributed by atoms with Crippen molar-refractivity contribution < 1.29 is 0 Å². The summed E-state index contributed by atoms with van der Waals surface area (Å²) >= 11 is 3.20. The highest BCUT2D eigenvalue weighted by Crippen LogP contribution is 2.06. The van der Waals surface area contributed by atoms with Crippen molar-refractivity contribution in [2.75, 3.05) is 0 Å². The Hall–Kier alpha value is -0.570. The van der Waals surface area contributed by atoms with E-state index in [-0.39, 0.29) is 0 Å². The zero-order valence-electron chi connectivity index (χ0n) is 6.00. The van der Waals surface area contributed by atoms with Gasteiger partial charge in [-0.25, -0.2) is 0 Å². The Bertz CT molecular complexity index is 250. The van der Waals surface area contributed by atoms with Crippen LogP contribution in [0.15, 0.2) is 11.2 Å². The molecule has 0 saturated carbocycles. The highest BCUT2D eigenvalue weighted by atomic mass is 79.9. The highest BCUT2D eigenvalue weighted by molar-refractivity contribution is 9.11. The maximum atomic E-state index is 4.20. The van der Waals surface area contributed by atoms with E-state index in [0.29, 0.717) is 0 Å². The molecule has 0 N–H and O–H groups in total. The van der Waals surface area contributed by atoms with Crippen molar-refractivity contribution in [3.05, 3.63) is 22.4 Å². The fraction of sp³-hybridized carbons (Fsp3) is 0.286. The highest BCUT2D eigenvalue weighted by Gasteiger charge is 1.96. The van der Waals surface area contributed by atoms with Crippen molar-refractivity contribution in [2.45, 2.75) is 6.92 Å². The number of rotatable bonds is 1. The van der Waals surface area contributed by atoms with Crippen LogP contribution in [0.2, 0.25) is 0 Å². The van der Waals surface area contributed by atoms with E-state index in [0.717, 1.165) is 5.69 Å². The molecule has 0 radical (unpaired) electrons. The Morgan fingerprint density at radius 1 is 1.70 bits per heavy atom. The third-order valence-electron chi connectivity index (χ3n) is 1.27. The van der Waals surface area contributed by atoms with Crippen molar-refractivity contribution in [1.82, 2.24) is 9.78 Å². The second-order valence-electron chi connectivity index (χ2n) is 2.16. The van der Waals surface area contributed by atoms with Gasteiger partial charge in [0.25, 0.3) is 0 Å². The number of aromatic nitrogens is 2. The van der Waals surface area contributed by atoms with E-state index >= 15 is 0 Å². The molecule has 2 nitrogen and oxygen atoms in total. The molecule has 0 spiro atoms. The molecule has 0 aliphatic rings. The topological polar surface area (TPSA) is 17.8 Å². The van der Waals surface area contributed by atoms with Gasteiger partial charge in [-0.3, -0.25) is 4.68 Å². The summed E-state index contributed by atoms with van der Waals surface area (Å²) in [6.07, 6.45) is 3.91. The Labute approximate surface area is 68.7 Å². The molecule has 1 aromatic rings. The molecule has 54 valence electrons. The van der Waals surface area contributed by atoms with E-state index in [1.807, 2.05) is 31.2 Å². The summed E-state index contributed by atoms with van der Waals surface area (Å²) < 4.78 is 1.80. The normalized spacial score (nSPS) is 11.1. The lowest BCUT2D eigenvalue weighted by molar-refractivity contribution is 0.764. The molecule has 0 bridgehead atoms. The molecule has 0 saturated heterocycles. The minimum Gasteiger partial charge on any atom is -0.275 e. The van der Waals surface area contributed by atoms with Crippen LogP contribution in [-0.4, -0.2) is 9.78 Å². The summed E-state index contributed by atoms with van der Waals surface area (Å²) in [5, 5.41) is 4.20. The van der Waals surface area contributed by atoms with Gasteiger partial charge in [-0.1, -0.05) is 15.9 Å². The van der Waals surface area contributed by atoms with E-state index in [4.69, 9.17) is 0 Å². The second-order valence-corrected chi connectivity index (χ2v) is 2.69. The summed E-state index contributed by atoms with van der Waals surface area (Å²) in [6, 6.07) is 0. The SMILES string of the molecule is Cc1cn(C)nc1/C=C/Br. The van der Waals surface area contributed by atoms with Gasteiger partial charge in [0.05, 0.1) is 5.69 Å². The summed E-state index contributed by atoms with van der Waals surface area (Å²) in [5.41, 5.74) is 2.21. The standard InChI is InChI=1S/C7H9BrN2/c1-6-5-10(2)9-7(6)3-4-8/h3-5H,1-2H3/b4-3+. The first kappa shape index (κ1) is 7.54. The van der Waals surface area contributed by atoms with Crippen LogP contribution in [0.5, 0.6) is 0 Å². The van der Waals surface area contributed by atoms with E-state index in [9.17, 15) is 0 Å². The van der Waals surface area contributed by atoms with Crippen molar-refractivity contribution in [2.24, 2.45) is 7.05 Å². The predicted octanol–water partition coefficient (Wildman–Crippen LogP) is 2.09. The molecule has 0 aromatic carbocycles. The smallest absolute Gasteiger partial charge is 0.0885 e. The first-order chi connectivity index (χ1) is 4.74. The van der Waals surface area contributed by atoms with Gasteiger partial charge in [-0.15, -0.1) is 0 Å². The molecule has 0 fully saturated rings. The lowest BCUT2D eigenvalue weighted by atomic mass is 10.3. The summed E-state index contributed by atoms with van der Waals surface area (Å²) in [6.45, 7) is 2.04. The third kappa shape index (κ3) is 1.48. The predicted molar refractivity (Wildman–Crippen MR) is 45.9 cm³/mol. The average Bonchev–Trinajstić information content (AvgIpc) is 2.13. The number of aryl methyl sites for hydroxylation is 2. The summed E-state index contributed by atoms with van der Waals surface area (Å²) in [4.78, 5) is 1.81. The van der Waals surface area contributed by atoms with Gasteiger partial charge in [0, 0.05) is 13.2 Å². The van der Waals surface area contributed by atoms with E-state index < -0.39 is 0 Å². The van der Waals surface area contributed by atoms with Crippen LogP contribution in [0.3, 0.4) is 0 Å². The van der Waals surface area contributed by atoms with Crippen LogP contribution in [0, 0.1) is 6.92 Å². The van der Waals surface area contributed by atoms with Crippen LogP contribution >= 0.6 is 15.9 Å². The van der Waals surface area contributed by atoms with Crippen LogP contribution < -0.4 is 0 Å². The van der Waals surface area contributed by atoms with E-state index in [1.165, 1.54) is 5.56 Å². The molecule has 3 heteroatoms. The van der Waals surface area contributed by atoms with Crippen LogP contribution in [0.4, 0.5) is 0 Å². The molecule has 0 atom stereocenters. The molecule has 0 aliphatic heterocycles. The van der Waals surface area contributed by atoms with Gasteiger partial charge in [0.2, 0.25) is 0 Å². The molecular formula is C7H9BrN2. The molecule has 1 rings (SSSR count). The first-order valence-electron chi connectivity index (χ1n) is 3.01. The van der Waals surface area contributed by atoms with Gasteiger partial charge < -0.3 is 0 Å². The third-order valence-corrected chi connectivity index (χ3v) is 1.54. The fourth-order valence-electron chi connectivity index (χ4n) is 0.849. The quantitative estimate of drug-likeness (QED) is 0.680. The van der Waals surface area contributed by atoms with Crippen molar-refractivity contribution in [3.63, 3.8) is 0 Å². The van der Waals surface area contributed by atoms with Gasteiger partial charge in [0.1, 0.15) is 0 Å². The van der Waals surface area contributed by atoms with Crippen molar-refractivity contribution in [3.8, 4) is 0 Å². The second kappa shape index (κ2) is 3.01. The number of hydrogen-bond donors (Lipinski definition) is 0. The number of nitrogens with zero attached hydrogens (tertiary/aromatic N) is 2. The Morgan fingerprint density at radius 2 is 2.40 bits per heavy atom. The largest absolute Gasteiger partial charge is 0.275 e. The lowest BCUT2D eigenvalue weighted by Crippen LogP contribution is -1.86. The maximum Gasteiger partial charge on any atom is 0.0885 e. The van der Waals surface area contributed by atoms with Gasteiger partial charge in [-0.05, 0) is 23.5 Å². The van der Waals surface area contributed by atoms with Gasteiger partial charge in [0.15, 0.2) is 0 Å². The van der Waals surface area contributed by atoms with Gasteiger partial charge in [-0.2, -0.15) is 5.10 Å². The van der Waals surface area contributed by atoms with E-state index in [1.54, 1.807) is 4.68 Å². The molecule has 1 heterocycles. The van der Waals surface area contributed by atoms with Crippen LogP contribution in [0.25, 0.3) is 6.08 Å². The van der Waals surface area contributed by atoms with E-state index in [2.05, 4.69) is 21.0 Å². The Morgan fingerprint density at radius 3 is 2.80 bits per heavy atom. The molecule has 1 aromatic heterocycles. The first-order valence-corrected chi connectivity index (χ1v) is 3.92. The monoisotopic (exact) mass is 200 g/mol. The zero-order chi connectivity index (χ0) is 7.56. The summed E-state index contributed by atoms with van der Waals surface area (Å²) in [5.74, 6) is 0.